The minimum Gasteiger partial charge on any atom is -0.469 e. The molecule has 2 nitrogen and oxygen atoms in total. The molecule has 1 heterocycles. The molecule has 1 rings (SSSR count). The van der Waals surface area contributed by atoms with E-state index in [1.807, 2.05) is 12.1 Å². The maximum Gasteiger partial charge on any atom is 0.105 e. The standard InChI is InChI=1S/C10H17NO/c1-10(2,3)9(11)7-8-5-4-6-12-8/h4-6,9H,7,11H2,1-3H3. The zero-order chi connectivity index (χ0) is 9.19. The Kier molecular flexibility index (Phi) is 2.58. The van der Waals surface area contributed by atoms with Gasteiger partial charge >= 0.3 is 0 Å². The summed E-state index contributed by atoms with van der Waals surface area (Å²) in [6.07, 6.45) is 2.50. The summed E-state index contributed by atoms with van der Waals surface area (Å²) >= 11 is 0. The highest BCUT2D eigenvalue weighted by molar-refractivity contribution is 5.01. The SMILES string of the molecule is CC(C)(C)C(N)Cc1ccco1. The van der Waals surface area contributed by atoms with Crippen LogP contribution in [-0.4, -0.2) is 6.04 Å². The van der Waals surface area contributed by atoms with E-state index in [1.165, 1.54) is 0 Å². The third-order valence-electron chi connectivity index (χ3n) is 2.11. The van der Waals surface area contributed by atoms with E-state index in [4.69, 9.17) is 10.2 Å². The van der Waals surface area contributed by atoms with E-state index < -0.39 is 0 Å². The second-order valence-corrected chi connectivity index (χ2v) is 4.26. The fraction of sp³-hybridized carbons (Fsp3) is 0.600. The Labute approximate surface area is 73.8 Å². The highest BCUT2D eigenvalue weighted by Gasteiger charge is 2.21. The van der Waals surface area contributed by atoms with Crippen molar-refractivity contribution in [2.75, 3.05) is 0 Å². The van der Waals surface area contributed by atoms with Crippen molar-refractivity contribution in [2.24, 2.45) is 11.1 Å². The molecule has 2 heteroatoms. The molecule has 0 aliphatic heterocycles. The molecule has 1 aromatic rings. The van der Waals surface area contributed by atoms with E-state index >= 15 is 0 Å². The van der Waals surface area contributed by atoms with E-state index in [0.29, 0.717) is 0 Å². The molecular weight excluding hydrogens is 150 g/mol. The van der Waals surface area contributed by atoms with Gasteiger partial charge in [0.2, 0.25) is 0 Å². The van der Waals surface area contributed by atoms with Crippen LogP contribution in [0.15, 0.2) is 22.8 Å². The Bertz CT molecular complexity index is 220. The van der Waals surface area contributed by atoms with Crippen molar-refractivity contribution in [2.45, 2.75) is 33.2 Å². The Morgan fingerprint density at radius 2 is 2.17 bits per heavy atom. The van der Waals surface area contributed by atoms with Crippen molar-refractivity contribution in [3.8, 4) is 0 Å². The third kappa shape index (κ3) is 2.38. The monoisotopic (exact) mass is 167 g/mol. The van der Waals surface area contributed by atoms with Crippen LogP contribution in [0.5, 0.6) is 0 Å². The Hall–Kier alpha value is -0.760. The summed E-state index contributed by atoms with van der Waals surface area (Å²) in [7, 11) is 0. The first-order valence-electron chi connectivity index (χ1n) is 4.28. The lowest BCUT2D eigenvalue weighted by Crippen LogP contribution is -2.36. The van der Waals surface area contributed by atoms with Crippen LogP contribution in [0.3, 0.4) is 0 Å². The molecule has 0 saturated heterocycles. The minimum absolute atomic E-state index is 0.146. The molecule has 1 unspecified atom stereocenters. The lowest BCUT2D eigenvalue weighted by atomic mass is 9.85. The van der Waals surface area contributed by atoms with Gasteiger partial charge in [0.15, 0.2) is 0 Å². The molecule has 0 saturated carbocycles. The molecule has 1 atom stereocenters. The van der Waals surface area contributed by atoms with Crippen molar-refractivity contribution in [3.63, 3.8) is 0 Å². The van der Waals surface area contributed by atoms with E-state index in [-0.39, 0.29) is 11.5 Å². The molecule has 12 heavy (non-hydrogen) atoms. The topological polar surface area (TPSA) is 39.2 Å². The summed E-state index contributed by atoms with van der Waals surface area (Å²) < 4.78 is 5.22. The minimum atomic E-state index is 0.146. The van der Waals surface area contributed by atoms with Gasteiger partial charge in [-0.05, 0) is 17.5 Å². The third-order valence-corrected chi connectivity index (χ3v) is 2.11. The van der Waals surface area contributed by atoms with Crippen LogP contribution in [0.25, 0.3) is 0 Å². The van der Waals surface area contributed by atoms with Crippen molar-refractivity contribution in [1.29, 1.82) is 0 Å². The maximum absolute atomic E-state index is 5.98. The maximum atomic E-state index is 5.98. The summed E-state index contributed by atoms with van der Waals surface area (Å²) in [5, 5.41) is 0. The van der Waals surface area contributed by atoms with Crippen LogP contribution >= 0.6 is 0 Å². The molecule has 0 bridgehead atoms. The van der Waals surface area contributed by atoms with Gasteiger partial charge in [0.25, 0.3) is 0 Å². The molecule has 1 aromatic heterocycles. The van der Waals surface area contributed by atoms with E-state index in [2.05, 4.69) is 20.8 Å². The number of hydrogen-bond donors (Lipinski definition) is 1. The predicted octanol–water partition coefficient (Wildman–Crippen LogP) is 2.20. The van der Waals surface area contributed by atoms with Gasteiger partial charge in [-0.25, -0.2) is 0 Å². The average Bonchev–Trinajstić information content (AvgIpc) is 2.37. The summed E-state index contributed by atoms with van der Waals surface area (Å²) in [5.74, 6) is 0.970. The number of hydrogen-bond acceptors (Lipinski definition) is 2. The van der Waals surface area contributed by atoms with Gasteiger partial charge in [0.05, 0.1) is 6.26 Å². The molecular formula is C10H17NO. The van der Waals surface area contributed by atoms with Crippen LogP contribution < -0.4 is 5.73 Å². The number of furan rings is 1. The normalized spacial score (nSPS) is 14.7. The largest absolute Gasteiger partial charge is 0.469 e. The molecule has 0 radical (unpaired) electrons. The summed E-state index contributed by atoms with van der Waals surface area (Å²) in [6, 6.07) is 4.01. The van der Waals surface area contributed by atoms with E-state index in [1.54, 1.807) is 6.26 Å². The quantitative estimate of drug-likeness (QED) is 0.733. The van der Waals surface area contributed by atoms with E-state index in [9.17, 15) is 0 Å². The van der Waals surface area contributed by atoms with Crippen LogP contribution in [0.1, 0.15) is 26.5 Å². The first kappa shape index (κ1) is 9.33. The molecule has 68 valence electrons. The highest BCUT2D eigenvalue weighted by Crippen LogP contribution is 2.20. The number of rotatable bonds is 2. The van der Waals surface area contributed by atoms with Gasteiger partial charge < -0.3 is 10.2 Å². The Balaban J connectivity index is 2.53. The second-order valence-electron chi connectivity index (χ2n) is 4.26. The smallest absolute Gasteiger partial charge is 0.105 e. The zero-order valence-electron chi connectivity index (χ0n) is 8.00. The van der Waals surface area contributed by atoms with Crippen LogP contribution in [-0.2, 0) is 6.42 Å². The van der Waals surface area contributed by atoms with Crippen LogP contribution in [0.4, 0.5) is 0 Å². The van der Waals surface area contributed by atoms with Gasteiger partial charge in [0, 0.05) is 12.5 Å². The molecule has 0 spiro atoms. The van der Waals surface area contributed by atoms with Crippen LogP contribution in [0.2, 0.25) is 0 Å². The predicted molar refractivity (Wildman–Crippen MR) is 49.8 cm³/mol. The molecule has 0 aromatic carbocycles. The Morgan fingerprint density at radius 3 is 2.58 bits per heavy atom. The number of nitrogens with two attached hydrogens (primary N) is 1. The van der Waals surface area contributed by atoms with Gasteiger partial charge in [-0.3, -0.25) is 0 Å². The summed E-state index contributed by atoms with van der Waals surface area (Å²) in [6.45, 7) is 6.42. The van der Waals surface area contributed by atoms with E-state index in [0.717, 1.165) is 12.2 Å². The lowest BCUT2D eigenvalue weighted by molar-refractivity contribution is 0.304. The molecule has 0 amide bonds. The van der Waals surface area contributed by atoms with Crippen molar-refractivity contribution in [3.05, 3.63) is 24.2 Å². The van der Waals surface area contributed by atoms with Crippen molar-refractivity contribution in [1.82, 2.24) is 0 Å². The average molecular weight is 167 g/mol. The van der Waals surface area contributed by atoms with Gasteiger partial charge in [0.1, 0.15) is 5.76 Å². The van der Waals surface area contributed by atoms with Gasteiger partial charge in [-0.1, -0.05) is 20.8 Å². The zero-order valence-corrected chi connectivity index (χ0v) is 8.00. The fourth-order valence-corrected chi connectivity index (χ4v) is 0.952. The van der Waals surface area contributed by atoms with Gasteiger partial charge in [-0.2, -0.15) is 0 Å². The first-order chi connectivity index (χ1) is 5.50. The molecule has 0 fully saturated rings. The lowest BCUT2D eigenvalue weighted by Gasteiger charge is -2.26. The molecule has 0 aliphatic carbocycles. The fourth-order valence-electron chi connectivity index (χ4n) is 0.952. The summed E-state index contributed by atoms with van der Waals surface area (Å²) in [4.78, 5) is 0. The second kappa shape index (κ2) is 3.31. The highest BCUT2D eigenvalue weighted by atomic mass is 16.3. The van der Waals surface area contributed by atoms with Gasteiger partial charge in [-0.15, -0.1) is 0 Å². The molecule has 0 aliphatic rings. The first-order valence-corrected chi connectivity index (χ1v) is 4.28. The summed E-state index contributed by atoms with van der Waals surface area (Å²) in [5.41, 5.74) is 6.13. The Morgan fingerprint density at radius 1 is 1.50 bits per heavy atom. The van der Waals surface area contributed by atoms with Crippen LogP contribution in [0, 0.1) is 5.41 Å². The van der Waals surface area contributed by atoms with Crippen molar-refractivity contribution < 1.29 is 4.42 Å². The van der Waals surface area contributed by atoms with Crippen molar-refractivity contribution >= 4 is 0 Å². The molecule has 2 N–H and O–H groups in total.